The summed E-state index contributed by atoms with van der Waals surface area (Å²) in [5.41, 5.74) is 0. The quantitative estimate of drug-likeness (QED) is 0.604. The van der Waals surface area contributed by atoms with E-state index >= 15 is 0 Å². The molecule has 3 heterocycles. The summed E-state index contributed by atoms with van der Waals surface area (Å²) in [5.74, 6) is 0.724. The van der Waals surface area contributed by atoms with Gasteiger partial charge in [-0.2, -0.15) is 0 Å². The third kappa shape index (κ3) is 2.58. The maximum absolute atomic E-state index is 13.5. The standard InChI is InChI=1S/C15H19ClFN3S/c16-10-7-8(1-2-11(10)17)14-9(5-6-18-14)12-3-4-13-15(19-12)21-20-13/h3-4,6,8-9,12-15,19-20H,1-2,5,7H2. The van der Waals surface area contributed by atoms with Gasteiger partial charge in [0.2, 0.25) is 0 Å². The summed E-state index contributed by atoms with van der Waals surface area (Å²) < 4.78 is 16.8. The molecule has 4 rings (SSSR count). The van der Waals surface area contributed by atoms with Crippen LogP contribution in [0.2, 0.25) is 0 Å². The maximum Gasteiger partial charge on any atom is 0.114 e. The molecule has 0 amide bonds. The fourth-order valence-electron chi connectivity index (χ4n) is 3.81. The molecule has 114 valence electrons. The highest BCUT2D eigenvalue weighted by atomic mass is 35.5. The highest BCUT2D eigenvalue weighted by molar-refractivity contribution is 7.99. The Bertz CT molecular complexity index is 521. The van der Waals surface area contributed by atoms with Crippen molar-refractivity contribution < 1.29 is 4.39 Å². The highest BCUT2D eigenvalue weighted by Crippen LogP contribution is 2.41. The fraction of sp³-hybridized carbons (Fsp3) is 0.667. The van der Waals surface area contributed by atoms with E-state index in [4.69, 9.17) is 16.6 Å². The lowest BCUT2D eigenvalue weighted by molar-refractivity contribution is 0.256. The van der Waals surface area contributed by atoms with Crippen LogP contribution in [0.3, 0.4) is 0 Å². The molecule has 0 saturated carbocycles. The number of hydrogen-bond acceptors (Lipinski definition) is 4. The first-order valence-corrected chi connectivity index (χ1v) is 8.88. The van der Waals surface area contributed by atoms with Crippen LogP contribution in [0.25, 0.3) is 0 Å². The summed E-state index contributed by atoms with van der Waals surface area (Å²) >= 11 is 7.79. The number of allylic oxidation sites excluding steroid dienone is 2. The van der Waals surface area contributed by atoms with Gasteiger partial charge in [0.25, 0.3) is 0 Å². The highest BCUT2D eigenvalue weighted by Gasteiger charge is 2.42. The van der Waals surface area contributed by atoms with E-state index in [9.17, 15) is 4.39 Å². The summed E-state index contributed by atoms with van der Waals surface area (Å²) in [6.45, 7) is 0. The van der Waals surface area contributed by atoms with E-state index < -0.39 is 0 Å². The van der Waals surface area contributed by atoms with E-state index in [1.807, 2.05) is 6.21 Å². The zero-order valence-corrected chi connectivity index (χ0v) is 13.2. The number of nitrogens with one attached hydrogen (secondary N) is 2. The molecule has 0 spiro atoms. The molecule has 0 aromatic rings. The van der Waals surface area contributed by atoms with Gasteiger partial charge in [0.05, 0.1) is 17.5 Å². The molecule has 0 radical (unpaired) electrons. The van der Waals surface area contributed by atoms with Crippen molar-refractivity contribution in [1.82, 2.24) is 10.0 Å². The average Bonchev–Trinajstić information content (AvgIpc) is 2.93. The Balaban J connectivity index is 1.48. The smallest absolute Gasteiger partial charge is 0.114 e. The monoisotopic (exact) mass is 327 g/mol. The summed E-state index contributed by atoms with van der Waals surface area (Å²) in [5, 5.41) is 4.59. The van der Waals surface area contributed by atoms with Gasteiger partial charge in [0, 0.05) is 23.4 Å². The lowest BCUT2D eigenvalue weighted by Gasteiger charge is -2.43. The summed E-state index contributed by atoms with van der Waals surface area (Å²) in [4.78, 5) is 4.71. The first kappa shape index (κ1) is 14.2. The molecule has 6 atom stereocenters. The van der Waals surface area contributed by atoms with E-state index in [0.29, 0.717) is 47.2 Å². The fourth-order valence-corrected chi connectivity index (χ4v) is 4.93. The molecule has 6 unspecified atom stereocenters. The lowest BCUT2D eigenvalue weighted by atomic mass is 9.78. The van der Waals surface area contributed by atoms with Gasteiger partial charge in [-0.25, -0.2) is 4.39 Å². The van der Waals surface area contributed by atoms with Crippen molar-refractivity contribution in [2.45, 2.75) is 49.2 Å². The van der Waals surface area contributed by atoms with Crippen LogP contribution in [-0.2, 0) is 0 Å². The Hall–Kier alpha value is -0.360. The molecule has 2 N–H and O–H groups in total. The molecule has 1 aliphatic carbocycles. The Morgan fingerprint density at radius 1 is 1.33 bits per heavy atom. The van der Waals surface area contributed by atoms with E-state index in [1.165, 1.54) is 0 Å². The number of nitrogens with zero attached hydrogens (tertiary/aromatic N) is 1. The van der Waals surface area contributed by atoms with E-state index in [2.05, 4.69) is 22.2 Å². The van der Waals surface area contributed by atoms with Crippen molar-refractivity contribution in [3.05, 3.63) is 23.0 Å². The third-order valence-electron chi connectivity index (χ3n) is 5.05. The van der Waals surface area contributed by atoms with Crippen molar-refractivity contribution in [3.63, 3.8) is 0 Å². The SMILES string of the molecule is FC1=C(Cl)CC(C2N=CCC2C2C=CC3NSC3N2)CC1. The Morgan fingerprint density at radius 3 is 2.90 bits per heavy atom. The molecule has 1 saturated heterocycles. The molecule has 3 nitrogen and oxygen atoms in total. The second kappa shape index (κ2) is 5.69. The molecule has 3 aliphatic heterocycles. The summed E-state index contributed by atoms with van der Waals surface area (Å²) in [6.07, 6.45) is 9.57. The number of halogens is 2. The van der Waals surface area contributed by atoms with E-state index in [0.717, 1.165) is 12.8 Å². The van der Waals surface area contributed by atoms with Gasteiger partial charge in [0.1, 0.15) is 5.83 Å². The Morgan fingerprint density at radius 2 is 2.19 bits per heavy atom. The predicted molar refractivity (Wildman–Crippen MR) is 86.1 cm³/mol. The summed E-state index contributed by atoms with van der Waals surface area (Å²) in [7, 11) is 0. The molecule has 1 fully saturated rings. The Labute approximate surface area is 133 Å². The average molecular weight is 328 g/mol. The molecule has 0 aromatic carbocycles. The van der Waals surface area contributed by atoms with Crippen molar-refractivity contribution in [1.29, 1.82) is 0 Å². The first-order chi connectivity index (χ1) is 10.2. The minimum atomic E-state index is -0.123. The predicted octanol–water partition coefficient (Wildman–Crippen LogP) is 3.14. The maximum atomic E-state index is 13.5. The van der Waals surface area contributed by atoms with Gasteiger partial charge in [-0.1, -0.05) is 35.7 Å². The van der Waals surface area contributed by atoms with Crippen LogP contribution in [0.5, 0.6) is 0 Å². The molecular formula is C15H19ClFN3S. The van der Waals surface area contributed by atoms with Crippen LogP contribution in [0.15, 0.2) is 28.0 Å². The van der Waals surface area contributed by atoms with Gasteiger partial charge in [-0.05, 0) is 31.4 Å². The molecule has 4 aliphatic rings. The van der Waals surface area contributed by atoms with Crippen LogP contribution < -0.4 is 10.0 Å². The molecule has 21 heavy (non-hydrogen) atoms. The van der Waals surface area contributed by atoms with Crippen molar-refractivity contribution in [2.24, 2.45) is 16.8 Å². The van der Waals surface area contributed by atoms with Crippen molar-refractivity contribution in [2.75, 3.05) is 0 Å². The molecule has 6 heteroatoms. The second-order valence-electron chi connectivity index (χ2n) is 6.29. The summed E-state index contributed by atoms with van der Waals surface area (Å²) in [6, 6.07) is 1.10. The van der Waals surface area contributed by atoms with Crippen molar-refractivity contribution in [3.8, 4) is 0 Å². The van der Waals surface area contributed by atoms with Gasteiger partial charge in [-0.3, -0.25) is 15.0 Å². The van der Waals surface area contributed by atoms with Gasteiger partial charge in [0.15, 0.2) is 0 Å². The van der Waals surface area contributed by atoms with Crippen LogP contribution >= 0.6 is 23.5 Å². The van der Waals surface area contributed by atoms with Crippen LogP contribution in [-0.4, -0.2) is 29.7 Å². The van der Waals surface area contributed by atoms with Gasteiger partial charge < -0.3 is 0 Å². The minimum Gasteiger partial charge on any atom is -0.296 e. The zero-order valence-electron chi connectivity index (χ0n) is 11.6. The topological polar surface area (TPSA) is 36.4 Å². The largest absolute Gasteiger partial charge is 0.296 e. The van der Waals surface area contributed by atoms with E-state index in [1.54, 1.807) is 11.9 Å². The van der Waals surface area contributed by atoms with Crippen LogP contribution in [0.1, 0.15) is 25.7 Å². The minimum absolute atomic E-state index is 0.123. The van der Waals surface area contributed by atoms with Crippen molar-refractivity contribution >= 4 is 29.8 Å². The van der Waals surface area contributed by atoms with E-state index in [-0.39, 0.29) is 11.9 Å². The zero-order chi connectivity index (χ0) is 14.4. The second-order valence-corrected chi connectivity index (χ2v) is 7.73. The molecule has 0 aromatic heterocycles. The van der Waals surface area contributed by atoms with Crippen LogP contribution in [0, 0.1) is 11.8 Å². The Kier molecular flexibility index (Phi) is 3.86. The van der Waals surface area contributed by atoms with Gasteiger partial charge in [-0.15, -0.1) is 0 Å². The molecule has 0 bridgehead atoms. The first-order valence-electron chi connectivity index (χ1n) is 7.62. The normalized spacial score (nSPS) is 45.6. The van der Waals surface area contributed by atoms with Gasteiger partial charge >= 0.3 is 0 Å². The number of fused-ring (bicyclic) bond motifs is 1. The molecular weight excluding hydrogens is 309 g/mol. The number of hydrogen-bond donors (Lipinski definition) is 2. The number of rotatable bonds is 2. The van der Waals surface area contributed by atoms with Crippen LogP contribution in [0.4, 0.5) is 4.39 Å². The third-order valence-corrected chi connectivity index (χ3v) is 6.50. The number of aliphatic imine (C=N–C) groups is 1. The lowest BCUT2D eigenvalue weighted by Crippen LogP contribution is -2.60.